The molecule has 18 heavy (non-hydrogen) atoms. The van der Waals surface area contributed by atoms with Crippen LogP contribution in [0.25, 0.3) is 0 Å². The van der Waals surface area contributed by atoms with Crippen molar-refractivity contribution in [3.8, 4) is 0 Å². The molecule has 2 nitrogen and oxygen atoms in total. The van der Waals surface area contributed by atoms with Crippen LogP contribution in [-0.4, -0.2) is 36.6 Å². The molecule has 2 aliphatic carbocycles. The summed E-state index contributed by atoms with van der Waals surface area (Å²) >= 11 is 0. The number of nitrogens with zero attached hydrogens (tertiary/aromatic N) is 1. The van der Waals surface area contributed by atoms with Gasteiger partial charge in [-0.25, -0.2) is 0 Å². The van der Waals surface area contributed by atoms with E-state index in [-0.39, 0.29) is 0 Å². The Kier molecular flexibility index (Phi) is 5.50. The summed E-state index contributed by atoms with van der Waals surface area (Å²) in [6.45, 7) is 10.6. The molecule has 0 aromatic carbocycles. The van der Waals surface area contributed by atoms with Crippen LogP contribution >= 0.6 is 0 Å². The number of rotatable bonds is 8. The first-order valence-electron chi connectivity index (χ1n) is 8.21. The van der Waals surface area contributed by atoms with Crippen molar-refractivity contribution >= 4 is 0 Å². The zero-order chi connectivity index (χ0) is 13.0. The van der Waals surface area contributed by atoms with E-state index in [1.807, 2.05) is 0 Å². The summed E-state index contributed by atoms with van der Waals surface area (Å²) in [5.74, 6) is 2.08. The van der Waals surface area contributed by atoms with Gasteiger partial charge < -0.3 is 10.2 Å². The van der Waals surface area contributed by atoms with Crippen molar-refractivity contribution in [1.82, 2.24) is 10.2 Å². The first-order chi connectivity index (χ1) is 8.72. The third-order valence-electron chi connectivity index (χ3n) is 5.24. The van der Waals surface area contributed by atoms with E-state index in [2.05, 4.69) is 31.0 Å². The second-order valence-corrected chi connectivity index (χ2v) is 6.52. The molecule has 4 unspecified atom stereocenters. The van der Waals surface area contributed by atoms with Crippen molar-refractivity contribution in [2.75, 3.05) is 19.6 Å². The molecule has 0 aromatic rings. The topological polar surface area (TPSA) is 15.3 Å². The lowest BCUT2D eigenvalue weighted by Gasteiger charge is -2.27. The molecule has 0 aromatic heterocycles. The lowest BCUT2D eigenvalue weighted by Crippen LogP contribution is -2.40. The smallest absolute Gasteiger partial charge is 0.0100 e. The first-order valence-corrected chi connectivity index (χ1v) is 8.21. The molecule has 2 bridgehead atoms. The first kappa shape index (κ1) is 14.3. The van der Waals surface area contributed by atoms with Crippen molar-refractivity contribution in [2.45, 2.75) is 71.4 Å². The average molecular weight is 252 g/mol. The number of hydrogen-bond acceptors (Lipinski definition) is 2. The molecule has 2 saturated carbocycles. The molecule has 106 valence electrons. The van der Waals surface area contributed by atoms with Crippen LogP contribution in [-0.2, 0) is 0 Å². The third-order valence-corrected chi connectivity index (χ3v) is 5.24. The van der Waals surface area contributed by atoms with E-state index in [0.717, 1.165) is 17.9 Å². The predicted molar refractivity (Wildman–Crippen MR) is 78.9 cm³/mol. The Labute approximate surface area is 114 Å². The van der Waals surface area contributed by atoms with Crippen molar-refractivity contribution in [3.05, 3.63) is 0 Å². The fraction of sp³-hybridized carbons (Fsp3) is 1.00. The van der Waals surface area contributed by atoms with Gasteiger partial charge in [0, 0.05) is 12.1 Å². The minimum atomic E-state index is 0.713. The van der Waals surface area contributed by atoms with E-state index in [1.165, 1.54) is 58.2 Å². The normalized spacial score (nSPS) is 32.3. The van der Waals surface area contributed by atoms with Gasteiger partial charge in [-0.1, -0.05) is 20.3 Å². The Morgan fingerprint density at radius 2 is 1.94 bits per heavy atom. The summed E-state index contributed by atoms with van der Waals surface area (Å²) in [4.78, 5) is 2.53. The molecule has 0 amide bonds. The highest BCUT2D eigenvalue weighted by molar-refractivity contribution is 4.94. The highest BCUT2D eigenvalue weighted by atomic mass is 15.1. The predicted octanol–water partition coefficient (Wildman–Crippen LogP) is 3.28. The molecule has 0 saturated heterocycles. The van der Waals surface area contributed by atoms with E-state index in [9.17, 15) is 0 Å². The molecular formula is C16H32N2. The zero-order valence-corrected chi connectivity index (χ0v) is 12.6. The van der Waals surface area contributed by atoms with Crippen molar-refractivity contribution in [1.29, 1.82) is 0 Å². The molecule has 2 aliphatic rings. The van der Waals surface area contributed by atoms with Crippen LogP contribution in [0.3, 0.4) is 0 Å². The maximum Gasteiger partial charge on any atom is 0.0100 e. The van der Waals surface area contributed by atoms with Gasteiger partial charge >= 0.3 is 0 Å². The maximum atomic E-state index is 3.90. The molecule has 0 aliphatic heterocycles. The minimum Gasteiger partial charge on any atom is -0.311 e. The van der Waals surface area contributed by atoms with E-state index < -0.39 is 0 Å². The van der Waals surface area contributed by atoms with E-state index in [1.54, 1.807) is 0 Å². The quantitative estimate of drug-likeness (QED) is 0.713. The molecule has 2 heteroatoms. The summed E-state index contributed by atoms with van der Waals surface area (Å²) in [7, 11) is 0. The van der Waals surface area contributed by atoms with Gasteiger partial charge in [0.1, 0.15) is 0 Å². The Hall–Kier alpha value is -0.0800. The van der Waals surface area contributed by atoms with E-state index in [0.29, 0.717) is 6.04 Å². The highest BCUT2D eigenvalue weighted by Crippen LogP contribution is 2.44. The lowest BCUT2D eigenvalue weighted by molar-refractivity contribution is 0.277. The second kappa shape index (κ2) is 6.91. The van der Waals surface area contributed by atoms with Crippen LogP contribution in [0.2, 0.25) is 0 Å². The molecule has 0 heterocycles. The largest absolute Gasteiger partial charge is 0.311 e. The summed E-state index contributed by atoms with van der Waals surface area (Å²) in [5.41, 5.74) is 0. The molecule has 1 N–H and O–H groups in total. The number of hydrogen-bond donors (Lipinski definition) is 1. The average Bonchev–Trinajstić information content (AvgIpc) is 2.97. The zero-order valence-electron chi connectivity index (χ0n) is 12.6. The van der Waals surface area contributed by atoms with Gasteiger partial charge in [-0.05, 0) is 70.5 Å². The van der Waals surface area contributed by atoms with Crippen LogP contribution in [0, 0.1) is 11.8 Å². The van der Waals surface area contributed by atoms with Crippen molar-refractivity contribution in [2.24, 2.45) is 11.8 Å². The molecule has 0 radical (unpaired) electrons. The minimum absolute atomic E-state index is 0.713. The molecular weight excluding hydrogens is 220 g/mol. The summed E-state index contributed by atoms with van der Waals surface area (Å²) in [5, 5.41) is 3.90. The van der Waals surface area contributed by atoms with Gasteiger partial charge in [0.2, 0.25) is 0 Å². The Balaban J connectivity index is 1.59. The molecule has 4 atom stereocenters. The second-order valence-electron chi connectivity index (χ2n) is 6.52. The van der Waals surface area contributed by atoms with Gasteiger partial charge in [0.05, 0.1) is 0 Å². The van der Waals surface area contributed by atoms with Gasteiger partial charge in [-0.3, -0.25) is 0 Å². The Morgan fingerprint density at radius 1 is 1.17 bits per heavy atom. The van der Waals surface area contributed by atoms with Crippen LogP contribution < -0.4 is 5.32 Å². The van der Waals surface area contributed by atoms with Gasteiger partial charge in [-0.2, -0.15) is 0 Å². The van der Waals surface area contributed by atoms with Gasteiger partial charge in [-0.15, -0.1) is 0 Å². The monoisotopic (exact) mass is 252 g/mol. The van der Waals surface area contributed by atoms with Crippen LogP contribution in [0.5, 0.6) is 0 Å². The van der Waals surface area contributed by atoms with Crippen molar-refractivity contribution in [3.63, 3.8) is 0 Å². The number of nitrogens with one attached hydrogen (secondary N) is 1. The standard InChI is InChI=1S/C16H32N2/c1-4-18(5-2)10-6-7-13(3)17-16-12-14-8-9-15(16)11-14/h13-17H,4-12H2,1-3H3. The van der Waals surface area contributed by atoms with E-state index >= 15 is 0 Å². The SMILES string of the molecule is CCN(CC)CCCC(C)NC1CC2CCC1C2. The van der Waals surface area contributed by atoms with Crippen LogP contribution in [0.15, 0.2) is 0 Å². The third kappa shape index (κ3) is 3.71. The molecule has 2 rings (SSSR count). The van der Waals surface area contributed by atoms with Crippen molar-refractivity contribution < 1.29 is 0 Å². The summed E-state index contributed by atoms with van der Waals surface area (Å²) in [6, 6.07) is 1.57. The Bertz CT molecular complexity index is 237. The summed E-state index contributed by atoms with van der Waals surface area (Å²) in [6.07, 6.45) is 8.67. The van der Waals surface area contributed by atoms with Crippen LogP contribution in [0.1, 0.15) is 59.3 Å². The van der Waals surface area contributed by atoms with E-state index in [4.69, 9.17) is 0 Å². The lowest BCUT2D eigenvalue weighted by atomic mass is 9.94. The fourth-order valence-corrected chi connectivity index (χ4v) is 4.06. The molecule has 0 spiro atoms. The fourth-order valence-electron chi connectivity index (χ4n) is 4.06. The van der Waals surface area contributed by atoms with Gasteiger partial charge in [0.25, 0.3) is 0 Å². The van der Waals surface area contributed by atoms with Gasteiger partial charge in [0.15, 0.2) is 0 Å². The molecule has 2 fully saturated rings. The Morgan fingerprint density at radius 3 is 2.50 bits per heavy atom. The maximum absolute atomic E-state index is 3.90. The van der Waals surface area contributed by atoms with Crippen LogP contribution in [0.4, 0.5) is 0 Å². The highest BCUT2D eigenvalue weighted by Gasteiger charge is 2.39. The number of fused-ring (bicyclic) bond motifs is 2. The summed E-state index contributed by atoms with van der Waals surface area (Å²) < 4.78 is 0.